The lowest BCUT2D eigenvalue weighted by Gasteiger charge is -2.12. The fourth-order valence-electron chi connectivity index (χ4n) is 9.98. The normalized spacial score (nSPS) is 12.0. The molecule has 4 heteroatoms. The van der Waals surface area contributed by atoms with Crippen molar-refractivity contribution in [2.45, 2.75) is 6.92 Å². The summed E-state index contributed by atoms with van der Waals surface area (Å²) in [4.78, 5) is 15.5. The van der Waals surface area contributed by atoms with Gasteiger partial charge in [0.15, 0.2) is 17.5 Å². The zero-order valence-electron chi connectivity index (χ0n) is 39.8. The summed E-state index contributed by atoms with van der Waals surface area (Å²) < 4.78 is 2.36. The van der Waals surface area contributed by atoms with E-state index in [0.717, 1.165) is 72.1 Å². The van der Waals surface area contributed by atoms with Gasteiger partial charge in [0, 0.05) is 33.2 Å². The van der Waals surface area contributed by atoms with Crippen molar-refractivity contribution in [3.05, 3.63) is 277 Å². The number of hydrogen-bond donors (Lipinski definition) is 0. The maximum Gasteiger partial charge on any atom is 0.164 e. The van der Waals surface area contributed by atoms with Gasteiger partial charge in [-0.05, 0) is 109 Å². The maximum atomic E-state index is 5.17. The largest absolute Gasteiger partial charge is 0.309 e. The lowest BCUT2D eigenvalue weighted by Crippen LogP contribution is -2.26. The molecule has 0 amide bonds. The lowest BCUT2D eigenvalue weighted by molar-refractivity contribution is 1.07. The Balaban J connectivity index is 0.903. The van der Waals surface area contributed by atoms with Crippen molar-refractivity contribution in [2.75, 3.05) is 0 Å². The highest BCUT2D eigenvalue weighted by molar-refractivity contribution is 6.09. The number of rotatable bonds is 10. The van der Waals surface area contributed by atoms with Gasteiger partial charge in [-0.3, -0.25) is 0 Å². The third kappa shape index (κ3) is 8.42. The number of allylic oxidation sites excluding steroid dienone is 1. The van der Waals surface area contributed by atoms with E-state index in [9.17, 15) is 0 Å². The summed E-state index contributed by atoms with van der Waals surface area (Å²) in [6.07, 6.45) is 4.10. The second-order valence-corrected chi connectivity index (χ2v) is 18.0. The van der Waals surface area contributed by atoms with Crippen molar-refractivity contribution in [2.24, 2.45) is 0 Å². The van der Waals surface area contributed by atoms with Crippen LogP contribution in [-0.2, 0) is 0 Å². The molecule has 0 aliphatic rings. The van der Waals surface area contributed by atoms with Gasteiger partial charge in [-0.25, -0.2) is 15.0 Å². The summed E-state index contributed by atoms with van der Waals surface area (Å²) in [6, 6.07) is 88.0. The van der Waals surface area contributed by atoms with Crippen LogP contribution in [-0.4, -0.2) is 19.5 Å². The van der Waals surface area contributed by atoms with E-state index in [1.54, 1.807) is 0 Å². The molecule has 0 radical (unpaired) electrons. The molecule has 0 bridgehead atoms. The van der Waals surface area contributed by atoms with Crippen LogP contribution in [0.15, 0.2) is 261 Å². The third-order valence-electron chi connectivity index (χ3n) is 13.7. The van der Waals surface area contributed by atoms with E-state index < -0.39 is 0 Å². The molecular formula is C68H48N4. The molecule has 340 valence electrons. The molecule has 72 heavy (non-hydrogen) atoms. The Bertz CT molecular complexity index is 4040. The van der Waals surface area contributed by atoms with Crippen LogP contribution in [0.3, 0.4) is 0 Å². The van der Waals surface area contributed by atoms with Gasteiger partial charge >= 0.3 is 0 Å². The Labute approximate surface area is 419 Å². The van der Waals surface area contributed by atoms with Crippen LogP contribution in [0, 0.1) is 0 Å². The molecule has 0 fully saturated rings. The average molecular weight is 921 g/mol. The fraction of sp³-hybridized carbons (Fsp3) is 0.0147. The summed E-state index contributed by atoms with van der Waals surface area (Å²) >= 11 is 0. The average Bonchev–Trinajstić information content (AvgIpc) is 3.80. The molecule has 0 unspecified atom stereocenters. The first kappa shape index (κ1) is 43.7. The summed E-state index contributed by atoms with van der Waals surface area (Å²) in [5, 5.41) is 4.83. The maximum absolute atomic E-state index is 5.17. The summed E-state index contributed by atoms with van der Waals surface area (Å²) in [7, 11) is 0. The summed E-state index contributed by atoms with van der Waals surface area (Å²) in [5.74, 6) is 1.82. The summed E-state index contributed by atoms with van der Waals surface area (Å²) in [6.45, 7) is 6.27. The van der Waals surface area contributed by atoms with E-state index >= 15 is 0 Å². The zero-order chi connectivity index (χ0) is 48.4. The molecule has 12 aromatic rings. The molecule has 0 saturated heterocycles. The first-order chi connectivity index (χ1) is 35.6. The highest BCUT2D eigenvalue weighted by Crippen LogP contribution is 2.35. The van der Waals surface area contributed by atoms with Crippen LogP contribution in [0.1, 0.15) is 12.5 Å². The van der Waals surface area contributed by atoms with Gasteiger partial charge in [0.1, 0.15) is 0 Å². The third-order valence-corrected chi connectivity index (χ3v) is 13.7. The molecule has 0 aliphatic heterocycles. The van der Waals surface area contributed by atoms with Gasteiger partial charge in [0.2, 0.25) is 0 Å². The van der Waals surface area contributed by atoms with Gasteiger partial charge in [0.25, 0.3) is 0 Å². The second-order valence-electron chi connectivity index (χ2n) is 18.0. The monoisotopic (exact) mass is 920 g/mol. The van der Waals surface area contributed by atoms with E-state index in [2.05, 4.69) is 267 Å². The Morgan fingerprint density at radius 2 is 0.764 bits per heavy atom. The molecule has 0 aliphatic carbocycles. The van der Waals surface area contributed by atoms with Gasteiger partial charge < -0.3 is 4.57 Å². The van der Waals surface area contributed by atoms with Gasteiger partial charge in [-0.15, -0.1) is 0 Å². The number of nitrogens with zero attached hydrogens (tertiary/aromatic N) is 4. The van der Waals surface area contributed by atoms with Crippen LogP contribution in [0.2, 0.25) is 0 Å². The first-order valence-electron chi connectivity index (χ1n) is 24.4. The van der Waals surface area contributed by atoms with Crippen molar-refractivity contribution < 1.29 is 0 Å². The molecule has 0 spiro atoms. The van der Waals surface area contributed by atoms with E-state index in [1.807, 2.05) is 12.1 Å². The Morgan fingerprint density at radius 3 is 1.29 bits per heavy atom. The quantitative estimate of drug-likeness (QED) is 0.137. The minimum Gasteiger partial charge on any atom is -0.309 e. The zero-order valence-corrected chi connectivity index (χ0v) is 39.8. The molecular weight excluding hydrogens is 873 g/mol. The van der Waals surface area contributed by atoms with Crippen LogP contribution < -0.4 is 10.4 Å². The number of para-hydroxylation sites is 2. The van der Waals surface area contributed by atoms with E-state index in [0.29, 0.717) is 17.5 Å². The van der Waals surface area contributed by atoms with E-state index in [4.69, 9.17) is 15.0 Å². The number of benzene rings is 10. The topological polar surface area (TPSA) is 43.6 Å². The molecule has 0 atom stereocenters. The molecule has 12 rings (SSSR count). The van der Waals surface area contributed by atoms with Crippen LogP contribution in [0.4, 0.5) is 0 Å². The van der Waals surface area contributed by atoms with Crippen molar-refractivity contribution in [3.8, 4) is 84.4 Å². The SMILES string of the molecule is C=C/C(c1cccc(-c2ccc(-c3nc(-c4ccc(-c5cccc(-c6ccccc6)c5)cc4)nc(-c4ccc(-c5cccc(-n6c7ccccc7c7ccccc76)c5)cc4)n3)cc2)c1)=c1/cccc/c1=C/C. The molecule has 2 aromatic heterocycles. The molecule has 0 N–H and O–H groups in total. The van der Waals surface area contributed by atoms with Gasteiger partial charge in [-0.1, -0.05) is 231 Å². The molecule has 0 saturated carbocycles. The molecule has 4 nitrogen and oxygen atoms in total. The predicted molar refractivity (Wildman–Crippen MR) is 301 cm³/mol. The first-order valence-corrected chi connectivity index (χ1v) is 24.4. The second kappa shape index (κ2) is 19.1. The highest BCUT2D eigenvalue weighted by Gasteiger charge is 2.16. The lowest BCUT2D eigenvalue weighted by atomic mass is 9.96. The highest BCUT2D eigenvalue weighted by atomic mass is 15.0. The molecule has 2 heterocycles. The Morgan fingerprint density at radius 1 is 0.361 bits per heavy atom. The van der Waals surface area contributed by atoms with Crippen LogP contribution in [0.5, 0.6) is 0 Å². The Hall–Kier alpha value is -9.51. The van der Waals surface area contributed by atoms with Crippen LogP contribution in [0.25, 0.3) is 118 Å². The van der Waals surface area contributed by atoms with E-state index in [1.165, 1.54) is 38.2 Å². The van der Waals surface area contributed by atoms with Crippen molar-refractivity contribution in [3.63, 3.8) is 0 Å². The van der Waals surface area contributed by atoms with Crippen molar-refractivity contribution >= 4 is 33.5 Å². The standard InChI is InChI=1S/C68H48N4/c1-3-46-17-8-9-26-61(46)60(4-2)58-24-15-22-56(44-58)49-33-39-52(40-34-49)67-69-66(51-37-31-48(32-38-51)55-21-14-20-54(43-55)47-18-6-5-7-19-47)70-68(71-67)53-41-35-50(36-42-53)57-23-16-25-59(45-57)72-64-29-12-10-27-62(64)63-28-11-13-30-65(63)72/h3-45H,2H2,1H3/b46-3-,61-60+. The number of fused-ring (bicyclic) bond motifs is 3. The fourth-order valence-corrected chi connectivity index (χ4v) is 9.98. The van der Waals surface area contributed by atoms with Crippen molar-refractivity contribution in [1.29, 1.82) is 0 Å². The number of aromatic nitrogens is 4. The minimum absolute atomic E-state index is 0.604. The predicted octanol–water partition coefficient (Wildman–Crippen LogP) is 15.8. The number of hydrogen-bond acceptors (Lipinski definition) is 3. The van der Waals surface area contributed by atoms with Gasteiger partial charge in [0.05, 0.1) is 11.0 Å². The molecule has 10 aromatic carbocycles. The smallest absolute Gasteiger partial charge is 0.164 e. The van der Waals surface area contributed by atoms with E-state index in [-0.39, 0.29) is 0 Å². The van der Waals surface area contributed by atoms with Crippen LogP contribution >= 0.6 is 0 Å². The minimum atomic E-state index is 0.604. The van der Waals surface area contributed by atoms with Gasteiger partial charge in [-0.2, -0.15) is 0 Å². The Kier molecular flexibility index (Phi) is 11.6. The van der Waals surface area contributed by atoms with Crippen molar-refractivity contribution in [1.82, 2.24) is 19.5 Å². The summed E-state index contributed by atoms with van der Waals surface area (Å²) in [5.41, 5.74) is 17.5.